The molecule has 0 unspecified atom stereocenters. The van der Waals surface area contributed by atoms with Crippen molar-refractivity contribution in [1.82, 2.24) is 0 Å². The molecule has 0 aliphatic carbocycles. The summed E-state index contributed by atoms with van der Waals surface area (Å²) < 4.78 is 6.39. The molecule has 0 saturated heterocycles. The number of carbonyl (C=O) groups is 1. The zero-order valence-corrected chi connectivity index (χ0v) is 16.5. The molecule has 1 amide bonds. The summed E-state index contributed by atoms with van der Waals surface area (Å²) in [5.74, 6) is 0.883. The van der Waals surface area contributed by atoms with Gasteiger partial charge in [-0.25, -0.2) is 0 Å². The van der Waals surface area contributed by atoms with Crippen molar-refractivity contribution < 1.29 is 14.5 Å². The van der Waals surface area contributed by atoms with Crippen molar-refractivity contribution in [3.8, 4) is 5.75 Å². The summed E-state index contributed by atoms with van der Waals surface area (Å²) in [4.78, 5) is 23.0. The molecule has 0 radical (unpaired) electrons. The van der Waals surface area contributed by atoms with E-state index < -0.39 is 4.92 Å². The highest BCUT2D eigenvalue weighted by molar-refractivity contribution is 9.10. The van der Waals surface area contributed by atoms with Crippen LogP contribution >= 0.6 is 15.9 Å². The first-order valence-corrected chi connectivity index (χ1v) is 9.06. The maximum Gasteiger partial charge on any atom is 0.274 e. The number of nitrogens with one attached hydrogen (secondary N) is 1. The molecule has 0 atom stereocenters. The Bertz CT molecular complexity index is 821. The highest BCUT2D eigenvalue weighted by atomic mass is 79.9. The lowest BCUT2D eigenvalue weighted by atomic mass is 10.1. The SMILES string of the molecule is Cc1c(NC(=O)c2ccc(OCCC(C)C)c(Br)c2)cccc1[N+](=O)[O-]. The molecule has 0 aliphatic heterocycles. The van der Waals surface area contributed by atoms with Crippen molar-refractivity contribution in [3.05, 3.63) is 62.1 Å². The quantitative estimate of drug-likeness (QED) is 0.483. The summed E-state index contributed by atoms with van der Waals surface area (Å²) in [6.07, 6.45) is 0.945. The van der Waals surface area contributed by atoms with Crippen molar-refractivity contribution in [2.24, 2.45) is 5.92 Å². The fraction of sp³-hybridized carbons (Fsp3) is 0.316. The topological polar surface area (TPSA) is 81.5 Å². The number of benzene rings is 2. The molecule has 0 heterocycles. The van der Waals surface area contributed by atoms with E-state index in [1.165, 1.54) is 6.07 Å². The first-order valence-electron chi connectivity index (χ1n) is 8.27. The second-order valence-corrected chi connectivity index (χ2v) is 7.19. The molecule has 2 aromatic carbocycles. The van der Waals surface area contributed by atoms with E-state index >= 15 is 0 Å². The first-order chi connectivity index (χ1) is 12.3. The third-order valence-electron chi connectivity index (χ3n) is 3.90. The van der Waals surface area contributed by atoms with Crippen LogP contribution in [0.2, 0.25) is 0 Å². The van der Waals surface area contributed by atoms with Crippen LogP contribution in [0.25, 0.3) is 0 Å². The predicted molar refractivity (Wildman–Crippen MR) is 105 cm³/mol. The number of hydrogen-bond donors (Lipinski definition) is 1. The molecule has 0 fully saturated rings. The number of ether oxygens (including phenoxy) is 1. The molecule has 138 valence electrons. The highest BCUT2D eigenvalue weighted by Gasteiger charge is 2.16. The van der Waals surface area contributed by atoms with E-state index in [9.17, 15) is 14.9 Å². The molecule has 2 rings (SSSR count). The third-order valence-corrected chi connectivity index (χ3v) is 4.52. The van der Waals surface area contributed by atoms with Gasteiger partial charge in [-0.15, -0.1) is 0 Å². The van der Waals surface area contributed by atoms with Crippen LogP contribution in [-0.2, 0) is 0 Å². The van der Waals surface area contributed by atoms with Gasteiger partial charge in [-0.3, -0.25) is 14.9 Å². The monoisotopic (exact) mass is 420 g/mol. The minimum atomic E-state index is -0.467. The van der Waals surface area contributed by atoms with Gasteiger partial charge in [0.25, 0.3) is 11.6 Å². The summed E-state index contributed by atoms with van der Waals surface area (Å²) in [5, 5.41) is 13.7. The molecule has 0 aliphatic rings. The van der Waals surface area contributed by atoms with Crippen LogP contribution in [0.1, 0.15) is 36.2 Å². The molecule has 0 aromatic heterocycles. The first kappa shape index (κ1) is 19.9. The van der Waals surface area contributed by atoms with E-state index in [0.29, 0.717) is 39.6 Å². The van der Waals surface area contributed by atoms with Crippen molar-refractivity contribution in [3.63, 3.8) is 0 Å². The average Bonchev–Trinajstić information content (AvgIpc) is 2.57. The van der Waals surface area contributed by atoms with Crippen LogP contribution in [0.3, 0.4) is 0 Å². The van der Waals surface area contributed by atoms with E-state index in [2.05, 4.69) is 35.1 Å². The van der Waals surface area contributed by atoms with Crippen LogP contribution in [0.15, 0.2) is 40.9 Å². The Hall–Kier alpha value is -2.41. The van der Waals surface area contributed by atoms with E-state index in [1.807, 2.05) is 0 Å². The van der Waals surface area contributed by atoms with Gasteiger partial charge in [0.2, 0.25) is 0 Å². The van der Waals surface area contributed by atoms with Crippen molar-refractivity contribution in [2.45, 2.75) is 27.2 Å². The molecule has 7 heteroatoms. The number of rotatable bonds is 7. The Morgan fingerprint density at radius 1 is 1.31 bits per heavy atom. The van der Waals surface area contributed by atoms with Gasteiger partial charge in [0.1, 0.15) is 5.75 Å². The Labute approximate surface area is 160 Å². The summed E-state index contributed by atoms with van der Waals surface area (Å²) in [6, 6.07) is 9.66. The number of carbonyl (C=O) groups excluding carboxylic acids is 1. The number of nitrogens with zero attached hydrogens (tertiary/aromatic N) is 1. The van der Waals surface area contributed by atoms with Crippen LogP contribution in [0, 0.1) is 23.0 Å². The van der Waals surface area contributed by atoms with Gasteiger partial charge in [-0.2, -0.15) is 0 Å². The molecule has 26 heavy (non-hydrogen) atoms. The second kappa shape index (κ2) is 8.80. The van der Waals surface area contributed by atoms with Gasteiger partial charge < -0.3 is 10.1 Å². The summed E-state index contributed by atoms with van der Waals surface area (Å²) in [5.41, 5.74) is 1.23. The Balaban J connectivity index is 2.12. The van der Waals surface area contributed by atoms with Gasteiger partial charge in [0.15, 0.2) is 0 Å². The normalized spacial score (nSPS) is 10.7. The summed E-state index contributed by atoms with van der Waals surface area (Å²) in [6.45, 7) is 6.47. The van der Waals surface area contributed by atoms with Gasteiger partial charge >= 0.3 is 0 Å². The van der Waals surface area contributed by atoms with Gasteiger partial charge in [-0.05, 0) is 59.5 Å². The lowest BCUT2D eigenvalue weighted by Gasteiger charge is -2.12. The molecule has 0 saturated carbocycles. The minimum Gasteiger partial charge on any atom is -0.492 e. The number of nitro groups is 1. The fourth-order valence-electron chi connectivity index (χ4n) is 2.31. The van der Waals surface area contributed by atoms with Gasteiger partial charge in [0.05, 0.1) is 27.3 Å². The third kappa shape index (κ3) is 5.05. The maximum absolute atomic E-state index is 12.5. The Kier molecular flexibility index (Phi) is 6.74. The molecule has 2 aromatic rings. The summed E-state index contributed by atoms with van der Waals surface area (Å²) >= 11 is 3.42. The molecule has 0 spiro atoms. The summed E-state index contributed by atoms with van der Waals surface area (Å²) in [7, 11) is 0. The van der Waals surface area contributed by atoms with E-state index in [4.69, 9.17) is 4.74 Å². The number of nitro benzene ring substituents is 1. The standard InChI is InChI=1S/C19H21BrN2O4/c1-12(2)9-10-26-18-8-7-14(11-15(18)20)19(23)21-16-5-4-6-17(13(16)3)22(24)25/h4-8,11-12H,9-10H2,1-3H3,(H,21,23). The van der Waals surface area contributed by atoms with Gasteiger partial charge in [0, 0.05) is 11.6 Å². The van der Waals surface area contributed by atoms with Crippen LogP contribution < -0.4 is 10.1 Å². The van der Waals surface area contributed by atoms with E-state index in [-0.39, 0.29) is 11.6 Å². The number of amides is 1. The number of hydrogen-bond acceptors (Lipinski definition) is 4. The van der Waals surface area contributed by atoms with Crippen LogP contribution in [0.4, 0.5) is 11.4 Å². The molecular weight excluding hydrogens is 400 g/mol. The fourth-order valence-corrected chi connectivity index (χ4v) is 2.81. The molecule has 1 N–H and O–H groups in total. The lowest BCUT2D eigenvalue weighted by Crippen LogP contribution is -2.13. The predicted octanol–water partition coefficient (Wildman–Crippen LogP) is 5.34. The van der Waals surface area contributed by atoms with Crippen molar-refractivity contribution >= 4 is 33.2 Å². The molecule has 6 nitrogen and oxygen atoms in total. The number of anilines is 1. The van der Waals surface area contributed by atoms with Crippen LogP contribution in [0.5, 0.6) is 5.75 Å². The Morgan fingerprint density at radius 3 is 2.65 bits per heavy atom. The van der Waals surface area contributed by atoms with Crippen molar-refractivity contribution in [2.75, 3.05) is 11.9 Å². The zero-order chi connectivity index (χ0) is 19.3. The average molecular weight is 421 g/mol. The highest BCUT2D eigenvalue weighted by Crippen LogP contribution is 2.28. The maximum atomic E-state index is 12.5. The van der Waals surface area contributed by atoms with E-state index in [1.54, 1.807) is 37.3 Å². The number of halogens is 1. The molecule has 0 bridgehead atoms. The Morgan fingerprint density at radius 2 is 2.04 bits per heavy atom. The molecular formula is C19H21BrN2O4. The smallest absolute Gasteiger partial charge is 0.274 e. The lowest BCUT2D eigenvalue weighted by molar-refractivity contribution is -0.385. The second-order valence-electron chi connectivity index (χ2n) is 6.34. The zero-order valence-electron chi connectivity index (χ0n) is 14.9. The van der Waals surface area contributed by atoms with E-state index in [0.717, 1.165) is 6.42 Å². The minimum absolute atomic E-state index is 0.0297. The van der Waals surface area contributed by atoms with Crippen LogP contribution in [-0.4, -0.2) is 17.4 Å². The largest absolute Gasteiger partial charge is 0.492 e. The van der Waals surface area contributed by atoms with Gasteiger partial charge in [-0.1, -0.05) is 19.9 Å². The van der Waals surface area contributed by atoms with Crippen molar-refractivity contribution in [1.29, 1.82) is 0 Å².